The number of rotatable bonds is 0. The van der Waals surface area contributed by atoms with Gasteiger partial charge in [0.05, 0.1) is 0 Å². The number of hydrogen-bond acceptors (Lipinski definition) is 3. The van der Waals surface area contributed by atoms with Crippen LogP contribution >= 0.6 is 0 Å². The maximum absolute atomic E-state index is 9.85. The maximum atomic E-state index is 9.85. The van der Waals surface area contributed by atoms with Gasteiger partial charge < -0.3 is 15.5 Å². The van der Waals surface area contributed by atoms with Crippen molar-refractivity contribution in [3.05, 3.63) is 23.3 Å². The van der Waals surface area contributed by atoms with Gasteiger partial charge in [0.1, 0.15) is 11.5 Å². The standard InChI is InChI=1S/C13H17NO2/c15-8-6-11-9-2-1-5-14-12(9)4-3-10(11)13(16)7-8/h6-7,9,12,14-16H,1-5H2/t9-,12+/m0/s1. The summed E-state index contributed by atoms with van der Waals surface area (Å²) >= 11 is 0. The first-order valence-corrected chi connectivity index (χ1v) is 6.04. The summed E-state index contributed by atoms with van der Waals surface area (Å²) < 4.78 is 0. The smallest absolute Gasteiger partial charge is 0.122 e. The quantitative estimate of drug-likeness (QED) is 0.624. The first-order valence-electron chi connectivity index (χ1n) is 6.04. The Labute approximate surface area is 95.1 Å². The van der Waals surface area contributed by atoms with Crippen LogP contribution in [0.2, 0.25) is 0 Å². The predicted octanol–water partition coefficient (Wildman–Crippen LogP) is 1.88. The molecule has 0 unspecified atom stereocenters. The van der Waals surface area contributed by atoms with E-state index in [1.807, 2.05) is 6.07 Å². The Morgan fingerprint density at radius 2 is 2.06 bits per heavy atom. The Morgan fingerprint density at radius 1 is 1.19 bits per heavy atom. The molecule has 1 saturated heterocycles. The number of benzene rings is 1. The molecule has 3 rings (SSSR count). The van der Waals surface area contributed by atoms with Crippen molar-refractivity contribution in [2.45, 2.75) is 37.6 Å². The van der Waals surface area contributed by atoms with E-state index in [1.54, 1.807) is 0 Å². The molecule has 1 heterocycles. The third-order valence-corrected chi connectivity index (χ3v) is 3.93. The summed E-state index contributed by atoms with van der Waals surface area (Å²) in [6.07, 6.45) is 4.34. The molecule has 0 bridgehead atoms. The highest BCUT2D eigenvalue weighted by atomic mass is 16.3. The number of phenolic OH excluding ortho intramolecular Hbond substituents is 2. The van der Waals surface area contributed by atoms with Crippen molar-refractivity contribution in [3.8, 4) is 11.5 Å². The topological polar surface area (TPSA) is 52.5 Å². The minimum atomic E-state index is 0.183. The third-order valence-electron chi connectivity index (χ3n) is 3.93. The molecule has 0 spiro atoms. The van der Waals surface area contributed by atoms with Crippen molar-refractivity contribution in [1.29, 1.82) is 0 Å². The first kappa shape index (κ1) is 9.97. The largest absolute Gasteiger partial charge is 0.508 e. The summed E-state index contributed by atoms with van der Waals surface area (Å²) in [6.45, 7) is 1.10. The van der Waals surface area contributed by atoms with Gasteiger partial charge in [-0.1, -0.05) is 0 Å². The van der Waals surface area contributed by atoms with E-state index in [1.165, 1.54) is 12.5 Å². The summed E-state index contributed by atoms with van der Waals surface area (Å²) in [4.78, 5) is 0. The van der Waals surface area contributed by atoms with Crippen LogP contribution in [0.5, 0.6) is 11.5 Å². The van der Waals surface area contributed by atoms with E-state index < -0.39 is 0 Å². The number of aromatic hydroxyl groups is 2. The van der Waals surface area contributed by atoms with Gasteiger partial charge in [-0.05, 0) is 55.3 Å². The monoisotopic (exact) mass is 219 g/mol. The third kappa shape index (κ3) is 1.47. The molecule has 1 aliphatic heterocycles. The molecule has 0 radical (unpaired) electrons. The van der Waals surface area contributed by atoms with Crippen LogP contribution in [0.4, 0.5) is 0 Å². The first-order chi connectivity index (χ1) is 7.75. The molecule has 2 atom stereocenters. The second kappa shape index (κ2) is 3.67. The van der Waals surface area contributed by atoms with Crippen LogP contribution in [-0.2, 0) is 6.42 Å². The fourth-order valence-corrected chi connectivity index (χ4v) is 3.19. The van der Waals surface area contributed by atoms with Gasteiger partial charge in [-0.2, -0.15) is 0 Å². The number of piperidine rings is 1. The van der Waals surface area contributed by atoms with Crippen molar-refractivity contribution >= 4 is 0 Å². The molecule has 0 saturated carbocycles. The van der Waals surface area contributed by atoms with Crippen LogP contribution in [0.15, 0.2) is 12.1 Å². The average Bonchev–Trinajstić information content (AvgIpc) is 2.28. The van der Waals surface area contributed by atoms with Crippen LogP contribution in [0, 0.1) is 0 Å². The van der Waals surface area contributed by atoms with Gasteiger partial charge in [0.25, 0.3) is 0 Å². The van der Waals surface area contributed by atoms with Crippen LogP contribution in [0.3, 0.4) is 0 Å². The van der Waals surface area contributed by atoms with Crippen LogP contribution < -0.4 is 5.32 Å². The lowest BCUT2D eigenvalue weighted by molar-refractivity contribution is 0.314. The van der Waals surface area contributed by atoms with Crippen LogP contribution in [0.1, 0.15) is 36.3 Å². The van der Waals surface area contributed by atoms with E-state index in [2.05, 4.69) is 5.32 Å². The van der Waals surface area contributed by atoms with E-state index in [0.717, 1.165) is 36.9 Å². The zero-order valence-electron chi connectivity index (χ0n) is 9.24. The summed E-state index contributed by atoms with van der Waals surface area (Å²) in [6, 6.07) is 3.82. The zero-order chi connectivity index (χ0) is 11.1. The fraction of sp³-hybridized carbons (Fsp3) is 0.538. The highest BCUT2D eigenvalue weighted by Gasteiger charge is 2.32. The van der Waals surface area contributed by atoms with Crippen LogP contribution in [0.25, 0.3) is 0 Å². The average molecular weight is 219 g/mol. The number of phenols is 2. The molecule has 0 amide bonds. The normalized spacial score (nSPS) is 28.2. The van der Waals surface area contributed by atoms with Gasteiger partial charge in [0, 0.05) is 12.1 Å². The maximum Gasteiger partial charge on any atom is 0.122 e. The Kier molecular flexibility index (Phi) is 2.28. The van der Waals surface area contributed by atoms with E-state index in [0.29, 0.717) is 12.0 Å². The minimum absolute atomic E-state index is 0.183. The molecule has 86 valence electrons. The number of fused-ring (bicyclic) bond motifs is 3. The molecule has 1 aliphatic carbocycles. The van der Waals surface area contributed by atoms with E-state index in [9.17, 15) is 10.2 Å². The zero-order valence-corrected chi connectivity index (χ0v) is 9.24. The summed E-state index contributed by atoms with van der Waals surface area (Å²) in [5, 5.41) is 23.0. The minimum Gasteiger partial charge on any atom is -0.508 e. The van der Waals surface area contributed by atoms with Gasteiger partial charge in [-0.3, -0.25) is 0 Å². The van der Waals surface area contributed by atoms with Gasteiger partial charge in [0.2, 0.25) is 0 Å². The summed E-state index contributed by atoms with van der Waals surface area (Å²) in [5.74, 6) is 0.914. The lowest BCUT2D eigenvalue weighted by Crippen LogP contribution is -2.42. The highest BCUT2D eigenvalue weighted by molar-refractivity contribution is 5.49. The van der Waals surface area contributed by atoms with Gasteiger partial charge in [-0.15, -0.1) is 0 Å². The molecular formula is C13H17NO2. The van der Waals surface area contributed by atoms with Gasteiger partial charge in [0.15, 0.2) is 0 Å². The van der Waals surface area contributed by atoms with Crippen molar-refractivity contribution in [2.75, 3.05) is 6.54 Å². The Morgan fingerprint density at radius 3 is 2.94 bits per heavy atom. The van der Waals surface area contributed by atoms with Crippen LogP contribution in [-0.4, -0.2) is 22.8 Å². The lowest BCUT2D eigenvalue weighted by Gasteiger charge is -2.38. The van der Waals surface area contributed by atoms with Gasteiger partial charge in [-0.25, -0.2) is 0 Å². The molecule has 0 aromatic heterocycles. The summed E-state index contributed by atoms with van der Waals surface area (Å²) in [5.41, 5.74) is 2.20. The lowest BCUT2D eigenvalue weighted by atomic mass is 9.75. The van der Waals surface area contributed by atoms with Crippen molar-refractivity contribution in [3.63, 3.8) is 0 Å². The molecule has 1 aromatic carbocycles. The van der Waals surface area contributed by atoms with Crippen molar-refractivity contribution in [2.24, 2.45) is 0 Å². The number of nitrogens with one attached hydrogen (secondary N) is 1. The fourth-order valence-electron chi connectivity index (χ4n) is 3.19. The van der Waals surface area contributed by atoms with Crippen molar-refractivity contribution in [1.82, 2.24) is 5.32 Å². The predicted molar refractivity (Wildman–Crippen MR) is 61.9 cm³/mol. The molecular weight excluding hydrogens is 202 g/mol. The Bertz CT molecular complexity index is 417. The van der Waals surface area contributed by atoms with Gasteiger partial charge >= 0.3 is 0 Å². The van der Waals surface area contributed by atoms with E-state index >= 15 is 0 Å². The van der Waals surface area contributed by atoms with E-state index in [-0.39, 0.29) is 11.5 Å². The molecule has 1 aromatic rings. The van der Waals surface area contributed by atoms with Crippen molar-refractivity contribution < 1.29 is 10.2 Å². The molecule has 1 fully saturated rings. The summed E-state index contributed by atoms with van der Waals surface area (Å²) in [7, 11) is 0. The number of hydrogen-bond donors (Lipinski definition) is 3. The Balaban J connectivity index is 2.06. The molecule has 3 nitrogen and oxygen atoms in total. The highest BCUT2D eigenvalue weighted by Crippen LogP contribution is 2.42. The second-order valence-electron chi connectivity index (χ2n) is 4.88. The second-order valence-corrected chi connectivity index (χ2v) is 4.88. The molecule has 3 N–H and O–H groups in total. The Hall–Kier alpha value is -1.22. The molecule has 3 heteroatoms. The van der Waals surface area contributed by atoms with E-state index in [4.69, 9.17) is 0 Å². The SMILES string of the molecule is Oc1cc(O)c2c(c1)[C@@H]1CCCN[C@@H]1CC2. The molecule has 2 aliphatic rings. The molecule has 16 heavy (non-hydrogen) atoms.